The lowest BCUT2D eigenvalue weighted by Crippen LogP contribution is -2.23. The molecule has 13 heavy (non-hydrogen) atoms. The van der Waals surface area contributed by atoms with Gasteiger partial charge in [-0.3, -0.25) is 4.98 Å². The van der Waals surface area contributed by atoms with Crippen LogP contribution in [0.1, 0.15) is 0 Å². The number of alkyl halides is 3. The zero-order chi connectivity index (χ0) is 10.1. The molecule has 0 atom stereocenters. The molecule has 0 bridgehead atoms. The van der Waals surface area contributed by atoms with Crippen molar-refractivity contribution in [3.63, 3.8) is 0 Å². The number of hydrogen-bond donors (Lipinski definition) is 0. The average Bonchev–Trinajstić information content (AvgIpc) is 2.04. The highest BCUT2D eigenvalue weighted by atomic mass is 32.2. The van der Waals surface area contributed by atoms with E-state index in [0.717, 1.165) is 12.3 Å². The van der Waals surface area contributed by atoms with Crippen LogP contribution in [0.15, 0.2) is 23.2 Å². The van der Waals surface area contributed by atoms with Gasteiger partial charge in [0.2, 0.25) is 0 Å². The third kappa shape index (κ3) is 1.80. The van der Waals surface area contributed by atoms with Gasteiger partial charge >= 0.3 is 5.51 Å². The first-order valence-corrected chi connectivity index (χ1v) is 4.47. The van der Waals surface area contributed by atoms with Crippen LogP contribution in [0.4, 0.5) is 13.2 Å². The molecular weight excluding hydrogens is 207 g/mol. The van der Waals surface area contributed by atoms with E-state index in [1.54, 1.807) is 0 Å². The van der Waals surface area contributed by atoms with E-state index in [9.17, 15) is 21.6 Å². The fourth-order valence-electron chi connectivity index (χ4n) is 0.604. The van der Waals surface area contributed by atoms with Crippen molar-refractivity contribution in [1.29, 1.82) is 0 Å². The molecule has 3 nitrogen and oxygen atoms in total. The van der Waals surface area contributed by atoms with E-state index in [1.807, 2.05) is 6.20 Å². The summed E-state index contributed by atoms with van der Waals surface area (Å²) in [5.41, 5.74) is -5.28. The summed E-state index contributed by atoms with van der Waals surface area (Å²) in [6.45, 7) is 0. The third-order valence-corrected chi connectivity index (χ3v) is 2.69. The Morgan fingerprint density at radius 3 is 2.38 bits per heavy atom. The number of sulfone groups is 1. The largest absolute Gasteiger partial charge is 0.501 e. The van der Waals surface area contributed by atoms with E-state index < -0.39 is 20.2 Å². The summed E-state index contributed by atoms with van der Waals surface area (Å²) < 4.78 is 57.1. The minimum atomic E-state index is -5.28. The van der Waals surface area contributed by atoms with Gasteiger partial charge in [-0.2, -0.15) is 13.2 Å². The monoisotopic (exact) mass is 210 g/mol. The van der Waals surface area contributed by atoms with Crippen molar-refractivity contribution in [2.24, 2.45) is 0 Å². The highest BCUT2D eigenvalue weighted by Crippen LogP contribution is 2.29. The van der Waals surface area contributed by atoms with Crippen LogP contribution in [0.25, 0.3) is 0 Å². The molecule has 0 aromatic carbocycles. The lowest BCUT2D eigenvalue weighted by atomic mass is 10.5. The van der Waals surface area contributed by atoms with Gasteiger partial charge in [-0.05, 0) is 12.1 Å². The van der Waals surface area contributed by atoms with Gasteiger partial charge in [0, 0.05) is 6.20 Å². The van der Waals surface area contributed by atoms with Gasteiger partial charge < -0.3 is 0 Å². The zero-order valence-electron chi connectivity index (χ0n) is 6.04. The normalized spacial score (nSPS) is 12.8. The molecule has 1 aromatic rings. The standard InChI is InChI=1S/C6H3F3NO2S/c7-6(8,9)13(11,12)5-1-3-10-4-2-5/h1-3H. The molecule has 0 aliphatic heterocycles. The Morgan fingerprint density at radius 1 is 1.38 bits per heavy atom. The van der Waals surface area contributed by atoms with Crippen molar-refractivity contribution >= 4 is 9.84 Å². The summed E-state index contributed by atoms with van der Waals surface area (Å²) in [6, 6.07) is 1.43. The SMILES string of the molecule is O=S(=O)(c1c[c]ncc1)C(F)(F)F. The van der Waals surface area contributed by atoms with Crippen LogP contribution in [-0.4, -0.2) is 18.9 Å². The molecule has 1 radical (unpaired) electrons. The van der Waals surface area contributed by atoms with Crippen molar-refractivity contribution < 1.29 is 21.6 Å². The molecule has 1 aromatic heterocycles. The van der Waals surface area contributed by atoms with Gasteiger partial charge in [0.25, 0.3) is 9.84 Å². The van der Waals surface area contributed by atoms with Gasteiger partial charge in [-0.15, -0.1) is 0 Å². The maximum Gasteiger partial charge on any atom is 0.501 e. The smallest absolute Gasteiger partial charge is 0.255 e. The Balaban J connectivity index is 3.26. The van der Waals surface area contributed by atoms with Gasteiger partial charge in [0.15, 0.2) is 0 Å². The summed E-state index contributed by atoms with van der Waals surface area (Å²) in [7, 11) is -5.25. The lowest BCUT2D eigenvalue weighted by molar-refractivity contribution is -0.0436. The molecule has 0 N–H and O–H groups in total. The van der Waals surface area contributed by atoms with E-state index in [0.29, 0.717) is 6.07 Å². The molecule has 0 aliphatic rings. The first-order chi connectivity index (χ1) is 5.86. The first-order valence-electron chi connectivity index (χ1n) is 2.99. The number of halogens is 3. The van der Waals surface area contributed by atoms with Crippen LogP contribution in [0.2, 0.25) is 0 Å². The second-order valence-electron chi connectivity index (χ2n) is 2.07. The van der Waals surface area contributed by atoms with Gasteiger partial charge in [-0.1, -0.05) is 0 Å². The Bertz CT molecular complexity index is 384. The Labute approximate surface area is 72.1 Å². The van der Waals surface area contributed by atoms with E-state index >= 15 is 0 Å². The number of pyridine rings is 1. The summed E-state index contributed by atoms with van der Waals surface area (Å²) >= 11 is 0. The minimum Gasteiger partial charge on any atom is -0.255 e. The molecule has 71 valence electrons. The fourth-order valence-corrected chi connectivity index (χ4v) is 1.32. The summed E-state index contributed by atoms with van der Waals surface area (Å²) in [4.78, 5) is 2.43. The molecule has 0 fully saturated rings. The van der Waals surface area contributed by atoms with Crippen LogP contribution < -0.4 is 0 Å². The number of aromatic nitrogens is 1. The Morgan fingerprint density at radius 2 is 2.00 bits per heavy atom. The van der Waals surface area contributed by atoms with Crippen LogP contribution >= 0.6 is 0 Å². The predicted octanol–water partition coefficient (Wildman–Crippen LogP) is 1.18. The highest BCUT2D eigenvalue weighted by molar-refractivity contribution is 7.92. The molecule has 0 unspecified atom stereocenters. The third-order valence-electron chi connectivity index (χ3n) is 1.21. The Hall–Kier alpha value is -1.11. The topological polar surface area (TPSA) is 47.0 Å². The van der Waals surface area contributed by atoms with Gasteiger partial charge in [-0.25, -0.2) is 8.42 Å². The molecule has 7 heteroatoms. The summed E-state index contributed by atoms with van der Waals surface area (Å²) in [5.74, 6) is 0. The average molecular weight is 210 g/mol. The zero-order valence-corrected chi connectivity index (χ0v) is 6.85. The number of nitrogens with zero attached hydrogens (tertiary/aromatic N) is 1. The second-order valence-corrected chi connectivity index (χ2v) is 4.01. The Kier molecular flexibility index (Phi) is 2.29. The van der Waals surface area contributed by atoms with Crippen molar-refractivity contribution in [1.82, 2.24) is 4.98 Å². The second kappa shape index (κ2) is 2.99. The van der Waals surface area contributed by atoms with Gasteiger partial charge in [0.1, 0.15) is 0 Å². The van der Waals surface area contributed by atoms with Crippen molar-refractivity contribution in [2.45, 2.75) is 10.4 Å². The quantitative estimate of drug-likeness (QED) is 0.699. The maximum atomic E-state index is 11.9. The molecule has 0 saturated heterocycles. The number of hydrogen-bond acceptors (Lipinski definition) is 3. The minimum absolute atomic E-state index is 0.669. The van der Waals surface area contributed by atoms with Crippen molar-refractivity contribution in [3.05, 3.63) is 24.5 Å². The van der Waals surface area contributed by atoms with E-state index in [2.05, 4.69) is 4.98 Å². The molecular formula is C6H3F3NO2S. The first kappa shape index (κ1) is 9.97. The molecule has 1 rings (SSSR count). The number of rotatable bonds is 1. The van der Waals surface area contributed by atoms with E-state index in [-0.39, 0.29) is 0 Å². The molecule has 0 saturated carbocycles. The maximum absolute atomic E-state index is 11.9. The molecule has 1 heterocycles. The van der Waals surface area contributed by atoms with Gasteiger partial charge in [0.05, 0.1) is 11.1 Å². The van der Waals surface area contributed by atoms with Crippen LogP contribution in [0.5, 0.6) is 0 Å². The molecule has 0 amide bonds. The fraction of sp³-hybridized carbons (Fsp3) is 0.167. The molecule has 0 spiro atoms. The summed E-state index contributed by atoms with van der Waals surface area (Å²) in [6.07, 6.45) is 2.94. The van der Waals surface area contributed by atoms with Crippen LogP contribution in [0, 0.1) is 6.20 Å². The molecule has 0 aliphatic carbocycles. The lowest BCUT2D eigenvalue weighted by Gasteiger charge is -2.06. The van der Waals surface area contributed by atoms with Crippen molar-refractivity contribution in [3.8, 4) is 0 Å². The van der Waals surface area contributed by atoms with E-state index in [4.69, 9.17) is 0 Å². The predicted molar refractivity (Wildman–Crippen MR) is 36.3 cm³/mol. The van der Waals surface area contributed by atoms with Crippen LogP contribution in [0.3, 0.4) is 0 Å². The van der Waals surface area contributed by atoms with E-state index in [1.165, 1.54) is 0 Å². The highest BCUT2D eigenvalue weighted by Gasteiger charge is 2.46. The van der Waals surface area contributed by atoms with Crippen molar-refractivity contribution in [2.75, 3.05) is 0 Å². The summed E-state index contributed by atoms with van der Waals surface area (Å²) in [5, 5.41) is 0. The van der Waals surface area contributed by atoms with Crippen LogP contribution in [-0.2, 0) is 9.84 Å².